The van der Waals surface area contributed by atoms with Gasteiger partial charge in [-0.05, 0) is 73.5 Å². The number of nitrogens with zero attached hydrogens (tertiary/aromatic N) is 4. The van der Waals surface area contributed by atoms with Crippen LogP contribution in [0.3, 0.4) is 0 Å². The fourth-order valence-corrected chi connectivity index (χ4v) is 11.2. The van der Waals surface area contributed by atoms with E-state index in [2.05, 4.69) is 20.1 Å². The second-order valence-electron chi connectivity index (χ2n) is 19.1. The largest absolute Gasteiger partial charge is 0.513 e. The highest BCUT2D eigenvalue weighted by atomic mass is 35.5. The van der Waals surface area contributed by atoms with Gasteiger partial charge in [-0.15, -0.1) is 0 Å². The molecule has 2 saturated heterocycles. The molecule has 0 spiro atoms. The minimum atomic E-state index is -4.46. The van der Waals surface area contributed by atoms with Crippen LogP contribution >= 0.6 is 27.1 Å². The number of benzene rings is 5. The monoisotopic (exact) mass is 1290 g/mol. The molecule has 0 unspecified atom stereocenters. The summed E-state index contributed by atoms with van der Waals surface area (Å²) < 4.78 is 128. The first kappa shape index (κ1) is 67.5. The zero-order valence-electron chi connectivity index (χ0n) is 46.4. The van der Waals surface area contributed by atoms with Crippen LogP contribution in [-0.4, -0.2) is 108 Å². The molecular formula is C56H59ClF4N8O17P2. The van der Waals surface area contributed by atoms with Gasteiger partial charge in [0.25, 0.3) is 0 Å². The fourth-order valence-electron chi connectivity index (χ4n) is 7.94. The van der Waals surface area contributed by atoms with Gasteiger partial charge in [0.15, 0.2) is 12.2 Å². The molecule has 9 rings (SSSR count). The van der Waals surface area contributed by atoms with Gasteiger partial charge in [-0.25, -0.2) is 18.7 Å². The average Bonchev–Trinajstić information content (AvgIpc) is 2.01. The number of hydrogen-bond donors (Lipinski definition) is 7. The molecule has 32 heteroatoms. The molecule has 0 amide bonds. The summed E-state index contributed by atoms with van der Waals surface area (Å²) in [4.78, 5) is 55.2. The molecule has 4 heterocycles. The Morgan fingerprint density at radius 3 is 1.42 bits per heavy atom. The summed E-state index contributed by atoms with van der Waals surface area (Å²) in [6.45, 7) is 1.26. The van der Waals surface area contributed by atoms with Crippen LogP contribution in [0.4, 0.5) is 29.2 Å². The van der Waals surface area contributed by atoms with Gasteiger partial charge < -0.3 is 59.3 Å². The molecule has 88 heavy (non-hydrogen) atoms. The smallest absolute Gasteiger partial charge is 0.460 e. The van der Waals surface area contributed by atoms with Crippen molar-refractivity contribution in [2.75, 3.05) is 24.7 Å². The van der Waals surface area contributed by atoms with E-state index in [0.717, 1.165) is 35.7 Å². The molecule has 9 N–H and O–H groups in total. The number of anilines is 2. The van der Waals surface area contributed by atoms with Gasteiger partial charge in [0, 0.05) is 12.4 Å². The topological polar surface area (TPSA) is 349 Å². The molecule has 0 radical (unpaired) electrons. The lowest BCUT2D eigenvalue weighted by Crippen LogP contribution is -2.42. The third kappa shape index (κ3) is 18.0. The van der Waals surface area contributed by atoms with Crippen molar-refractivity contribution in [2.45, 2.75) is 87.9 Å². The number of ether oxygens (including phenoxy) is 4. The minimum absolute atomic E-state index is 0.0473. The highest BCUT2D eigenvalue weighted by Crippen LogP contribution is 2.49. The number of esters is 2. The summed E-state index contributed by atoms with van der Waals surface area (Å²) in [5, 5.41) is 33.7. The van der Waals surface area contributed by atoms with Gasteiger partial charge in [-0.2, -0.15) is 37.7 Å². The Morgan fingerprint density at radius 2 is 1.00 bits per heavy atom. The molecule has 5 aromatic carbocycles. The quantitative estimate of drug-likeness (QED) is 0.0204. The van der Waals surface area contributed by atoms with E-state index in [9.17, 15) is 56.1 Å². The molecular weight excluding hydrogens is 1230 g/mol. The lowest BCUT2D eigenvalue weighted by atomic mass is 10.1. The standard InChI is InChI=1S/C25H27F2N4O8P.C22H21ClNO5P.C9H11F2N3O4/c1-16(22(33)36-14-17-8-4-2-5-9-17)30-40(35,39-18-10-6-3-7-11-18)37-15-19-21(32)25(26,27)23(38-19)31-13-12-20(28)29-24(31)34;1-17(22(25)27-16-18-10-4-2-5-11-18)24-30(26,28-19-12-6-3-7-13-19)29-21-15-9-8-14-20(21)23;10-9(11)6(16)4(3-15)18-7(9)14-2-1-5(12)13-8(14)17/h2-13,16,19,21,23,32H,14-15H2,1H3,(H,30,35)(H2,28,29,34);2-15,17H,16H2,1H3,(H,24,26);1-2,4,6-7,15-16H,3H2,(H2,12,13,17)/t16-,19+,21+,23+,40+;17-,30+;4-,6-,7-/m001/s1. The molecule has 2 aliphatic heterocycles. The van der Waals surface area contributed by atoms with E-state index in [-0.39, 0.29) is 41.4 Å². The number of hydrogen-bond acceptors (Lipinski definition) is 21. The Kier molecular flexibility index (Phi) is 23.2. The predicted molar refractivity (Wildman–Crippen MR) is 308 cm³/mol. The van der Waals surface area contributed by atoms with Gasteiger partial charge in [-0.3, -0.25) is 23.2 Å². The van der Waals surface area contributed by atoms with Crippen LogP contribution in [0, 0.1) is 0 Å². The zero-order valence-corrected chi connectivity index (χ0v) is 48.9. The molecule has 0 bridgehead atoms. The molecule has 2 aliphatic rings. The number of nitrogen functional groups attached to an aromatic ring is 2. The van der Waals surface area contributed by atoms with Crippen LogP contribution in [-0.2, 0) is 55.4 Å². The highest BCUT2D eigenvalue weighted by molar-refractivity contribution is 7.52. The summed E-state index contributed by atoms with van der Waals surface area (Å²) in [5.41, 5.74) is 10.1. The third-order valence-corrected chi connectivity index (χ3v) is 16.0. The summed E-state index contributed by atoms with van der Waals surface area (Å²) in [7, 11) is -8.49. The van der Waals surface area contributed by atoms with Gasteiger partial charge in [0.2, 0.25) is 12.5 Å². The van der Waals surface area contributed by atoms with Crippen molar-refractivity contribution < 1.29 is 88.6 Å². The van der Waals surface area contributed by atoms with E-state index in [1.54, 1.807) is 103 Å². The number of rotatable bonds is 22. The summed E-state index contributed by atoms with van der Waals surface area (Å²) >= 11 is 6.13. The summed E-state index contributed by atoms with van der Waals surface area (Å²) in [6.07, 6.45) is -10.2. The maximum atomic E-state index is 14.9. The first-order chi connectivity index (χ1) is 41.8. The molecule has 25 nitrogen and oxygen atoms in total. The van der Waals surface area contributed by atoms with Crippen LogP contribution in [0.15, 0.2) is 180 Å². The van der Waals surface area contributed by atoms with Crippen LogP contribution in [0.2, 0.25) is 5.02 Å². The minimum Gasteiger partial charge on any atom is -0.460 e. The average molecular weight is 1290 g/mol. The Labute approximate surface area is 503 Å². The number of nitrogens with two attached hydrogens (primary N) is 2. The molecule has 10 atom stereocenters. The first-order valence-corrected chi connectivity index (χ1v) is 29.7. The number of para-hydroxylation sites is 3. The molecule has 2 aromatic heterocycles. The summed E-state index contributed by atoms with van der Waals surface area (Å²) in [5.74, 6) is -8.81. The SMILES string of the molecule is C[C@H](N[P@@](=O)(OC[C@H]1O[C@@H](n2ccc(N)nc2=O)C(F)(F)[C@@H]1O)Oc1ccccc1)C(=O)OCc1ccccc1.C[C@H](N[P@@](=O)(Oc1ccccc1)Oc1ccccc1Cl)C(=O)OCc1ccccc1.Nc1ccn([C@@H]2O[C@H](CO)[C@@H](O)C2(F)F)c(=O)n1. The van der Waals surface area contributed by atoms with E-state index >= 15 is 0 Å². The second kappa shape index (κ2) is 30.2. The number of aromatic nitrogens is 4. The van der Waals surface area contributed by atoms with Crippen molar-refractivity contribution in [3.8, 4) is 17.2 Å². The fraction of sp³-hybridized carbons (Fsp3) is 0.286. The lowest BCUT2D eigenvalue weighted by Gasteiger charge is -2.24. The van der Waals surface area contributed by atoms with E-state index in [0.29, 0.717) is 14.9 Å². The Bertz CT molecular complexity index is 3660. The van der Waals surface area contributed by atoms with Crippen molar-refractivity contribution in [1.29, 1.82) is 0 Å². The van der Waals surface area contributed by atoms with Gasteiger partial charge >= 0.3 is 50.7 Å². The van der Waals surface area contributed by atoms with E-state index in [1.165, 1.54) is 26.0 Å². The Balaban J connectivity index is 0.000000202. The van der Waals surface area contributed by atoms with E-state index in [1.807, 2.05) is 30.3 Å². The van der Waals surface area contributed by atoms with E-state index < -0.39 is 113 Å². The van der Waals surface area contributed by atoms with Crippen LogP contribution in [0.5, 0.6) is 17.2 Å². The van der Waals surface area contributed by atoms with Crippen molar-refractivity contribution in [3.05, 3.63) is 207 Å². The first-order valence-electron chi connectivity index (χ1n) is 26.3. The lowest BCUT2D eigenvalue weighted by molar-refractivity contribution is -0.147. The molecule has 470 valence electrons. The number of halogens is 5. The molecule has 0 aliphatic carbocycles. The molecule has 2 fully saturated rings. The third-order valence-electron chi connectivity index (χ3n) is 12.4. The number of carbonyl (C=O) groups is 2. The van der Waals surface area contributed by atoms with Gasteiger partial charge in [-0.1, -0.05) is 121 Å². The van der Waals surface area contributed by atoms with Gasteiger partial charge in [0.1, 0.15) is 66.4 Å². The maximum absolute atomic E-state index is 14.9. The highest BCUT2D eigenvalue weighted by Gasteiger charge is 2.61. The molecule has 7 aromatic rings. The van der Waals surface area contributed by atoms with Crippen molar-refractivity contribution >= 4 is 50.7 Å². The van der Waals surface area contributed by atoms with Crippen LogP contribution in [0.1, 0.15) is 37.4 Å². The second-order valence-corrected chi connectivity index (χ2v) is 22.8. The number of carbonyl (C=O) groups excluding carboxylic acids is 2. The number of aliphatic hydroxyl groups excluding tert-OH is 3. The Morgan fingerprint density at radius 1 is 0.614 bits per heavy atom. The number of alkyl halides is 4. The van der Waals surface area contributed by atoms with Gasteiger partial charge in [0.05, 0.1) is 18.2 Å². The Hall–Kier alpha value is -8.05. The van der Waals surface area contributed by atoms with Crippen molar-refractivity contribution in [3.63, 3.8) is 0 Å². The summed E-state index contributed by atoms with van der Waals surface area (Å²) in [6, 6.07) is 41.0. The normalized spacial score (nSPS) is 21.0. The van der Waals surface area contributed by atoms with E-state index in [4.69, 9.17) is 65.2 Å². The van der Waals surface area contributed by atoms with Crippen LogP contribution < -0.4 is 46.6 Å². The zero-order chi connectivity index (χ0) is 63.8. The van der Waals surface area contributed by atoms with Crippen LogP contribution in [0.25, 0.3) is 0 Å². The maximum Gasteiger partial charge on any atom is 0.513 e. The predicted octanol–water partition coefficient (Wildman–Crippen LogP) is 6.98. The van der Waals surface area contributed by atoms with Crippen molar-refractivity contribution in [2.24, 2.45) is 0 Å². The van der Waals surface area contributed by atoms with Crippen molar-refractivity contribution in [1.82, 2.24) is 29.3 Å². The molecule has 0 saturated carbocycles. The number of aliphatic hydroxyl groups is 3. The number of nitrogens with one attached hydrogen (secondary N) is 2.